The van der Waals surface area contributed by atoms with E-state index in [9.17, 15) is 13.2 Å². The Kier molecular flexibility index (Phi) is 5.98. The highest BCUT2D eigenvalue weighted by Crippen LogP contribution is 2.34. The van der Waals surface area contributed by atoms with E-state index in [0.29, 0.717) is 10.8 Å². The number of sulfonamides is 1. The maximum absolute atomic E-state index is 12.6. The van der Waals surface area contributed by atoms with Crippen molar-refractivity contribution in [2.24, 2.45) is 0 Å². The van der Waals surface area contributed by atoms with Crippen LogP contribution >= 0.6 is 11.6 Å². The van der Waals surface area contributed by atoms with Gasteiger partial charge in [0, 0.05) is 11.1 Å². The number of rotatable bonds is 6. The van der Waals surface area contributed by atoms with Crippen LogP contribution in [0.3, 0.4) is 0 Å². The average molecular weight is 375 g/mol. The van der Waals surface area contributed by atoms with Crippen molar-refractivity contribution in [3.8, 4) is 5.75 Å². The summed E-state index contributed by atoms with van der Waals surface area (Å²) < 4.78 is 31.0. The first-order valence-corrected chi connectivity index (χ1v) is 10.1. The summed E-state index contributed by atoms with van der Waals surface area (Å²) >= 11 is 6.01. The predicted octanol–water partition coefficient (Wildman–Crippen LogP) is 2.56. The molecule has 1 N–H and O–H groups in total. The van der Waals surface area contributed by atoms with Crippen molar-refractivity contribution in [3.63, 3.8) is 0 Å². The summed E-state index contributed by atoms with van der Waals surface area (Å²) in [6, 6.07) is 3.88. The smallest absolute Gasteiger partial charge is 0.243 e. The van der Waals surface area contributed by atoms with Crippen LogP contribution in [0.15, 0.2) is 18.2 Å². The van der Waals surface area contributed by atoms with E-state index in [1.807, 2.05) is 0 Å². The van der Waals surface area contributed by atoms with Crippen LogP contribution in [0, 0.1) is 0 Å². The molecule has 0 saturated heterocycles. The molecule has 0 aliphatic heterocycles. The standard InChI is InChI=1S/C16H23ClN2O4S/c1-11(16(20)18-13-6-4-5-7-13)19(24(3,21)22)14-10-12(17)8-9-15(14)23-2/h8-11,13H,4-7H2,1-3H3,(H,18,20)/t11-/m1/s1. The summed E-state index contributed by atoms with van der Waals surface area (Å²) in [5.74, 6) is 0.0136. The van der Waals surface area contributed by atoms with Gasteiger partial charge >= 0.3 is 0 Å². The lowest BCUT2D eigenvalue weighted by atomic mass is 10.2. The lowest BCUT2D eigenvalue weighted by molar-refractivity contribution is -0.122. The van der Waals surface area contributed by atoms with Crippen molar-refractivity contribution < 1.29 is 17.9 Å². The Morgan fingerprint density at radius 2 is 2.00 bits per heavy atom. The molecule has 2 rings (SSSR count). The van der Waals surface area contributed by atoms with Crippen LogP contribution in [0.2, 0.25) is 5.02 Å². The minimum absolute atomic E-state index is 0.114. The van der Waals surface area contributed by atoms with Gasteiger partial charge in [-0.15, -0.1) is 0 Å². The van der Waals surface area contributed by atoms with Crippen LogP contribution in [0.4, 0.5) is 5.69 Å². The number of ether oxygens (including phenoxy) is 1. The molecular formula is C16H23ClN2O4S. The molecule has 24 heavy (non-hydrogen) atoms. The summed E-state index contributed by atoms with van der Waals surface area (Å²) in [7, 11) is -2.27. The Labute approximate surface area is 148 Å². The topological polar surface area (TPSA) is 75.7 Å². The third-order valence-corrected chi connectivity index (χ3v) is 5.63. The van der Waals surface area contributed by atoms with Gasteiger partial charge < -0.3 is 10.1 Å². The molecule has 8 heteroatoms. The van der Waals surface area contributed by atoms with Crippen molar-refractivity contribution in [1.82, 2.24) is 5.32 Å². The second kappa shape index (κ2) is 7.61. The maximum Gasteiger partial charge on any atom is 0.243 e. The number of halogens is 1. The fraction of sp³-hybridized carbons (Fsp3) is 0.562. The first kappa shape index (κ1) is 18.9. The molecule has 1 aromatic rings. The summed E-state index contributed by atoms with van der Waals surface area (Å²) in [4.78, 5) is 12.6. The van der Waals surface area contributed by atoms with Gasteiger partial charge in [0.2, 0.25) is 15.9 Å². The lowest BCUT2D eigenvalue weighted by Crippen LogP contribution is -2.50. The first-order chi connectivity index (χ1) is 11.2. The third-order valence-electron chi connectivity index (χ3n) is 4.17. The zero-order chi connectivity index (χ0) is 17.9. The van der Waals surface area contributed by atoms with E-state index in [2.05, 4.69) is 5.32 Å². The van der Waals surface area contributed by atoms with E-state index in [1.54, 1.807) is 19.1 Å². The molecular weight excluding hydrogens is 352 g/mol. The molecule has 1 amide bonds. The van der Waals surface area contributed by atoms with Crippen LogP contribution in [0.25, 0.3) is 0 Å². The minimum atomic E-state index is -3.71. The van der Waals surface area contributed by atoms with Crippen LogP contribution in [0.5, 0.6) is 5.75 Å². The number of methoxy groups -OCH3 is 1. The Morgan fingerprint density at radius 3 is 2.54 bits per heavy atom. The molecule has 6 nitrogen and oxygen atoms in total. The molecule has 0 aromatic heterocycles. The highest BCUT2D eigenvalue weighted by atomic mass is 35.5. The van der Waals surface area contributed by atoms with Crippen LogP contribution in [-0.4, -0.2) is 39.8 Å². The van der Waals surface area contributed by atoms with Gasteiger partial charge in [-0.3, -0.25) is 9.10 Å². The Bertz CT molecular complexity index is 702. The number of carbonyl (C=O) groups excluding carboxylic acids is 1. The molecule has 0 spiro atoms. The number of amides is 1. The second-order valence-electron chi connectivity index (χ2n) is 6.04. The summed E-state index contributed by atoms with van der Waals surface area (Å²) in [5.41, 5.74) is 0.251. The molecule has 1 saturated carbocycles. The van der Waals surface area contributed by atoms with Gasteiger partial charge in [0.25, 0.3) is 0 Å². The van der Waals surface area contributed by atoms with Crippen LogP contribution in [-0.2, 0) is 14.8 Å². The quantitative estimate of drug-likeness (QED) is 0.830. The number of nitrogens with zero attached hydrogens (tertiary/aromatic N) is 1. The zero-order valence-corrected chi connectivity index (χ0v) is 15.7. The molecule has 0 radical (unpaired) electrons. The van der Waals surface area contributed by atoms with Gasteiger partial charge in [-0.1, -0.05) is 24.4 Å². The van der Waals surface area contributed by atoms with E-state index in [0.717, 1.165) is 36.2 Å². The van der Waals surface area contributed by atoms with Gasteiger partial charge in [0.1, 0.15) is 11.8 Å². The van der Waals surface area contributed by atoms with Gasteiger partial charge in [-0.25, -0.2) is 8.42 Å². The van der Waals surface area contributed by atoms with Crippen molar-refractivity contribution in [1.29, 1.82) is 0 Å². The van der Waals surface area contributed by atoms with Crippen LogP contribution in [0.1, 0.15) is 32.6 Å². The highest BCUT2D eigenvalue weighted by Gasteiger charge is 2.32. The van der Waals surface area contributed by atoms with E-state index >= 15 is 0 Å². The molecule has 0 bridgehead atoms. The van der Waals surface area contributed by atoms with Crippen molar-refractivity contribution in [3.05, 3.63) is 23.2 Å². The van der Waals surface area contributed by atoms with Gasteiger partial charge in [-0.05, 0) is 38.0 Å². The molecule has 1 fully saturated rings. The number of hydrogen-bond donors (Lipinski definition) is 1. The van der Waals surface area contributed by atoms with E-state index in [-0.39, 0.29) is 17.6 Å². The van der Waals surface area contributed by atoms with Crippen molar-refractivity contribution in [2.75, 3.05) is 17.7 Å². The summed E-state index contributed by atoms with van der Waals surface area (Å²) in [6.45, 7) is 1.56. The molecule has 0 unspecified atom stereocenters. The Hall–Kier alpha value is -1.47. The SMILES string of the molecule is COc1ccc(Cl)cc1N([C@H](C)C(=O)NC1CCCC1)S(C)(=O)=O. The summed E-state index contributed by atoms with van der Waals surface area (Å²) in [6.07, 6.45) is 5.08. The lowest BCUT2D eigenvalue weighted by Gasteiger charge is -2.30. The molecule has 0 heterocycles. The largest absolute Gasteiger partial charge is 0.495 e. The normalized spacial score (nSPS) is 16.7. The van der Waals surface area contributed by atoms with E-state index < -0.39 is 16.1 Å². The van der Waals surface area contributed by atoms with Crippen molar-refractivity contribution in [2.45, 2.75) is 44.7 Å². The fourth-order valence-corrected chi connectivity index (χ4v) is 4.34. The van der Waals surface area contributed by atoms with Gasteiger partial charge in [0.15, 0.2) is 0 Å². The van der Waals surface area contributed by atoms with Crippen LogP contribution < -0.4 is 14.4 Å². The maximum atomic E-state index is 12.6. The second-order valence-corrected chi connectivity index (χ2v) is 8.34. The van der Waals surface area contributed by atoms with E-state index in [1.165, 1.54) is 13.2 Å². The van der Waals surface area contributed by atoms with Gasteiger partial charge in [0.05, 0.1) is 19.1 Å². The first-order valence-electron chi connectivity index (χ1n) is 7.87. The number of nitrogens with one attached hydrogen (secondary N) is 1. The number of benzene rings is 1. The molecule has 1 aliphatic rings. The molecule has 1 aliphatic carbocycles. The minimum Gasteiger partial charge on any atom is -0.495 e. The Balaban J connectivity index is 2.35. The van der Waals surface area contributed by atoms with Gasteiger partial charge in [-0.2, -0.15) is 0 Å². The predicted molar refractivity (Wildman–Crippen MR) is 95.2 cm³/mol. The summed E-state index contributed by atoms with van der Waals surface area (Å²) in [5, 5.41) is 3.30. The zero-order valence-electron chi connectivity index (χ0n) is 14.1. The molecule has 134 valence electrons. The number of anilines is 1. The van der Waals surface area contributed by atoms with E-state index in [4.69, 9.17) is 16.3 Å². The fourth-order valence-electron chi connectivity index (χ4n) is 3.01. The highest BCUT2D eigenvalue weighted by molar-refractivity contribution is 7.92. The van der Waals surface area contributed by atoms with Crippen molar-refractivity contribution >= 4 is 33.2 Å². The third kappa shape index (κ3) is 4.33. The monoisotopic (exact) mass is 374 g/mol. The Morgan fingerprint density at radius 1 is 1.38 bits per heavy atom. The number of hydrogen-bond acceptors (Lipinski definition) is 4. The average Bonchev–Trinajstić information content (AvgIpc) is 2.99. The molecule has 1 aromatic carbocycles. The molecule has 1 atom stereocenters. The number of carbonyl (C=O) groups is 1.